The van der Waals surface area contributed by atoms with Crippen molar-refractivity contribution in [2.75, 3.05) is 13.7 Å². The smallest absolute Gasteiger partial charge is 0.310 e. The molecule has 100 valence electrons. The van der Waals surface area contributed by atoms with Crippen molar-refractivity contribution < 1.29 is 18.7 Å². The summed E-state index contributed by atoms with van der Waals surface area (Å²) in [5.74, 6) is -0.516. The van der Waals surface area contributed by atoms with E-state index in [0.29, 0.717) is 12.2 Å². The maximum atomic E-state index is 13.8. The number of carbonyl (C=O) groups excluding carboxylic acids is 1. The first-order chi connectivity index (χ1) is 8.49. The van der Waals surface area contributed by atoms with Crippen LogP contribution in [0, 0.1) is 5.82 Å². The topological polar surface area (TPSA) is 35.5 Å². The van der Waals surface area contributed by atoms with Crippen LogP contribution in [-0.4, -0.2) is 19.7 Å². The van der Waals surface area contributed by atoms with Crippen molar-refractivity contribution in [3.8, 4) is 5.75 Å². The zero-order chi connectivity index (χ0) is 13.7. The van der Waals surface area contributed by atoms with Crippen LogP contribution in [0.5, 0.6) is 5.75 Å². The number of methoxy groups -OCH3 is 1. The Kier molecular flexibility index (Phi) is 5.13. The predicted octanol–water partition coefficient (Wildman–Crippen LogP) is 3.06. The molecule has 0 bridgehead atoms. The lowest BCUT2D eigenvalue weighted by Gasteiger charge is -2.13. The molecule has 0 aliphatic carbocycles. The zero-order valence-electron chi connectivity index (χ0n) is 11.2. The molecule has 0 aliphatic heterocycles. The third-order valence-electron chi connectivity index (χ3n) is 2.65. The Morgan fingerprint density at radius 1 is 1.39 bits per heavy atom. The second kappa shape index (κ2) is 6.38. The third-order valence-corrected chi connectivity index (χ3v) is 2.65. The number of rotatable bonds is 5. The Morgan fingerprint density at radius 2 is 2.06 bits per heavy atom. The lowest BCUT2D eigenvalue weighted by molar-refractivity contribution is -0.142. The molecule has 0 saturated heterocycles. The molecule has 0 atom stereocenters. The minimum atomic E-state index is -0.442. The van der Waals surface area contributed by atoms with Crippen molar-refractivity contribution in [2.24, 2.45) is 0 Å². The molecule has 1 rings (SSSR count). The van der Waals surface area contributed by atoms with Gasteiger partial charge in [-0.2, -0.15) is 0 Å². The largest absolute Gasteiger partial charge is 0.493 e. The molecule has 0 unspecified atom stereocenters. The summed E-state index contributed by atoms with van der Waals surface area (Å²) in [6.45, 7) is 5.98. The van der Waals surface area contributed by atoms with Crippen LogP contribution in [0.25, 0.3) is 0 Å². The number of halogens is 1. The van der Waals surface area contributed by atoms with Gasteiger partial charge < -0.3 is 9.47 Å². The quantitative estimate of drug-likeness (QED) is 0.757. The highest BCUT2D eigenvalue weighted by Crippen LogP contribution is 2.28. The number of hydrogen-bond donors (Lipinski definition) is 0. The summed E-state index contributed by atoms with van der Waals surface area (Å²) in [7, 11) is 1.39. The molecule has 3 nitrogen and oxygen atoms in total. The van der Waals surface area contributed by atoms with E-state index < -0.39 is 5.82 Å². The fourth-order valence-electron chi connectivity index (χ4n) is 1.73. The molecule has 0 heterocycles. The molecule has 0 aliphatic rings. The van der Waals surface area contributed by atoms with E-state index in [1.54, 1.807) is 13.0 Å². The second-order valence-corrected chi connectivity index (χ2v) is 4.33. The molecule has 1 aromatic rings. The molecule has 0 fully saturated rings. The summed E-state index contributed by atoms with van der Waals surface area (Å²) >= 11 is 0. The van der Waals surface area contributed by atoms with Crippen molar-refractivity contribution in [3.63, 3.8) is 0 Å². The average Bonchev–Trinajstić information content (AvgIpc) is 2.28. The monoisotopic (exact) mass is 254 g/mol. The van der Waals surface area contributed by atoms with E-state index in [1.165, 1.54) is 13.2 Å². The van der Waals surface area contributed by atoms with Crippen molar-refractivity contribution in [3.05, 3.63) is 29.1 Å². The maximum Gasteiger partial charge on any atom is 0.310 e. The lowest BCUT2D eigenvalue weighted by atomic mass is 9.98. The number of hydrogen-bond acceptors (Lipinski definition) is 3. The maximum absolute atomic E-state index is 13.8. The fraction of sp³-hybridized carbons (Fsp3) is 0.500. The number of carbonyl (C=O) groups is 1. The van der Waals surface area contributed by atoms with E-state index in [9.17, 15) is 9.18 Å². The Bertz CT molecular complexity index is 427. The van der Waals surface area contributed by atoms with Gasteiger partial charge >= 0.3 is 5.97 Å². The lowest BCUT2D eigenvalue weighted by Crippen LogP contribution is -2.10. The summed E-state index contributed by atoms with van der Waals surface area (Å²) in [4.78, 5) is 11.5. The first-order valence-corrected chi connectivity index (χ1v) is 6.01. The molecular formula is C14H19FO3. The van der Waals surface area contributed by atoms with Gasteiger partial charge in [0.2, 0.25) is 0 Å². The molecule has 0 aromatic heterocycles. The van der Waals surface area contributed by atoms with Gasteiger partial charge in [-0.15, -0.1) is 0 Å². The van der Waals surface area contributed by atoms with Crippen LogP contribution in [0.2, 0.25) is 0 Å². The van der Waals surface area contributed by atoms with Crippen LogP contribution in [0.3, 0.4) is 0 Å². The number of benzene rings is 1. The van der Waals surface area contributed by atoms with Gasteiger partial charge in [0.05, 0.1) is 20.1 Å². The summed E-state index contributed by atoms with van der Waals surface area (Å²) in [6.07, 6.45) is 0.0223. The van der Waals surface area contributed by atoms with Crippen molar-refractivity contribution in [1.29, 1.82) is 0 Å². The molecule has 0 amide bonds. The number of ether oxygens (including phenoxy) is 2. The van der Waals surface area contributed by atoms with Crippen molar-refractivity contribution in [2.45, 2.75) is 33.1 Å². The summed E-state index contributed by atoms with van der Waals surface area (Å²) in [5, 5.41) is 0. The van der Waals surface area contributed by atoms with Gasteiger partial charge in [-0.1, -0.05) is 19.9 Å². The van der Waals surface area contributed by atoms with Crippen LogP contribution in [0.1, 0.15) is 37.8 Å². The molecule has 4 heteroatoms. The first kappa shape index (κ1) is 14.5. The second-order valence-electron chi connectivity index (χ2n) is 4.33. The fourth-order valence-corrected chi connectivity index (χ4v) is 1.73. The molecule has 0 radical (unpaired) electrons. The van der Waals surface area contributed by atoms with Crippen molar-refractivity contribution >= 4 is 5.97 Å². The van der Waals surface area contributed by atoms with E-state index >= 15 is 0 Å². The molecule has 0 spiro atoms. The zero-order valence-corrected chi connectivity index (χ0v) is 11.2. The minimum Gasteiger partial charge on any atom is -0.493 e. The summed E-state index contributed by atoms with van der Waals surface area (Å²) < 4.78 is 23.7. The SMILES string of the molecule is CCOC(=O)Cc1cc(C(C)C)cc(F)c1OC. The van der Waals surface area contributed by atoms with Crippen LogP contribution in [0.4, 0.5) is 4.39 Å². The highest BCUT2D eigenvalue weighted by Gasteiger charge is 2.16. The Morgan fingerprint density at radius 3 is 2.56 bits per heavy atom. The van der Waals surface area contributed by atoms with E-state index in [0.717, 1.165) is 5.56 Å². The predicted molar refractivity (Wildman–Crippen MR) is 67.4 cm³/mol. The normalized spacial score (nSPS) is 10.6. The molecule has 1 aromatic carbocycles. The van der Waals surface area contributed by atoms with Crippen molar-refractivity contribution in [1.82, 2.24) is 0 Å². The molecule has 0 N–H and O–H groups in total. The first-order valence-electron chi connectivity index (χ1n) is 6.01. The van der Waals surface area contributed by atoms with Gasteiger partial charge in [-0.25, -0.2) is 4.39 Å². The Labute approximate surface area is 107 Å². The standard InChI is InChI=1S/C14H19FO3/c1-5-18-13(16)8-11-6-10(9(2)3)7-12(15)14(11)17-4/h6-7,9H,5,8H2,1-4H3. The van der Waals surface area contributed by atoms with Gasteiger partial charge in [0.15, 0.2) is 11.6 Å². The molecular weight excluding hydrogens is 235 g/mol. The Hall–Kier alpha value is -1.58. The van der Waals surface area contributed by atoms with Crippen LogP contribution in [0.15, 0.2) is 12.1 Å². The van der Waals surface area contributed by atoms with E-state index in [2.05, 4.69) is 0 Å². The highest BCUT2D eigenvalue weighted by atomic mass is 19.1. The van der Waals surface area contributed by atoms with Gasteiger partial charge in [-0.05, 0) is 24.5 Å². The van der Waals surface area contributed by atoms with Crippen LogP contribution in [-0.2, 0) is 16.0 Å². The average molecular weight is 254 g/mol. The van der Waals surface area contributed by atoms with E-state index in [4.69, 9.17) is 9.47 Å². The minimum absolute atomic E-state index is 0.0223. The van der Waals surface area contributed by atoms with Gasteiger partial charge in [0.1, 0.15) is 0 Å². The van der Waals surface area contributed by atoms with Crippen LogP contribution < -0.4 is 4.74 Å². The highest BCUT2D eigenvalue weighted by molar-refractivity contribution is 5.73. The van der Waals surface area contributed by atoms with Crippen LogP contribution >= 0.6 is 0 Å². The van der Waals surface area contributed by atoms with Gasteiger partial charge in [-0.3, -0.25) is 4.79 Å². The number of esters is 1. The Balaban J connectivity index is 3.10. The molecule has 18 heavy (non-hydrogen) atoms. The summed E-state index contributed by atoms with van der Waals surface area (Å²) in [6, 6.07) is 3.24. The summed E-state index contributed by atoms with van der Waals surface area (Å²) in [5.41, 5.74) is 1.37. The van der Waals surface area contributed by atoms with Gasteiger partial charge in [0.25, 0.3) is 0 Å². The third kappa shape index (κ3) is 3.45. The van der Waals surface area contributed by atoms with E-state index in [-0.39, 0.29) is 24.1 Å². The molecule has 0 saturated carbocycles. The van der Waals surface area contributed by atoms with Gasteiger partial charge in [0, 0.05) is 5.56 Å². The van der Waals surface area contributed by atoms with E-state index in [1.807, 2.05) is 13.8 Å².